The maximum atomic E-state index is 12.3. The first-order valence-electron chi connectivity index (χ1n) is 7.71. The maximum Gasteiger partial charge on any atom is 0.253 e. The molecule has 2 heterocycles. The van der Waals surface area contributed by atoms with Gasteiger partial charge in [0.25, 0.3) is 5.91 Å². The van der Waals surface area contributed by atoms with Crippen molar-refractivity contribution in [1.82, 2.24) is 10.3 Å². The standard InChI is InChI=1S/C17H19N3O3S/c1-12-3-2-4-14(7-12)19-16-8-13(9-18-10-16)17(21)20-15-5-6-24(22,23)11-15/h2-4,7-10,15,19H,5-6,11H2,1H3,(H,20,21). The average molecular weight is 345 g/mol. The number of benzene rings is 1. The lowest BCUT2D eigenvalue weighted by Gasteiger charge is -2.12. The number of sulfone groups is 1. The number of nitrogens with one attached hydrogen (secondary N) is 2. The van der Waals surface area contributed by atoms with Crippen molar-refractivity contribution in [1.29, 1.82) is 0 Å². The molecule has 6 nitrogen and oxygen atoms in total. The first-order valence-corrected chi connectivity index (χ1v) is 9.53. The Balaban J connectivity index is 1.69. The normalized spacial score (nSPS) is 19.0. The zero-order valence-electron chi connectivity index (χ0n) is 13.3. The molecule has 1 amide bonds. The highest BCUT2D eigenvalue weighted by atomic mass is 32.2. The summed E-state index contributed by atoms with van der Waals surface area (Å²) in [5.74, 6) is -0.170. The highest BCUT2D eigenvalue weighted by Crippen LogP contribution is 2.18. The van der Waals surface area contributed by atoms with Crippen molar-refractivity contribution in [3.05, 3.63) is 53.9 Å². The van der Waals surface area contributed by atoms with Crippen LogP contribution in [0.3, 0.4) is 0 Å². The predicted molar refractivity (Wildman–Crippen MR) is 93.2 cm³/mol. The molecular weight excluding hydrogens is 326 g/mol. The van der Waals surface area contributed by atoms with E-state index in [-0.39, 0.29) is 23.5 Å². The van der Waals surface area contributed by atoms with Gasteiger partial charge in [0, 0.05) is 17.9 Å². The molecular formula is C17H19N3O3S. The van der Waals surface area contributed by atoms with E-state index in [1.54, 1.807) is 12.3 Å². The number of carbonyl (C=O) groups is 1. The molecule has 24 heavy (non-hydrogen) atoms. The zero-order valence-corrected chi connectivity index (χ0v) is 14.1. The number of nitrogens with zero attached hydrogens (tertiary/aromatic N) is 1. The van der Waals surface area contributed by atoms with E-state index in [4.69, 9.17) is 0 Å². The number of aryl methyl sites for hydroxylation is 1. The first-order chi connectivity index (χ1) is 11.4. The number of anilines is 2. The van der Waals surface area contributed by atoms with Gasteiger partial charge in [-0.2, -0.15) is 0 Å². The number of hydrogen-bond donors (Lipinski definition) is 2. The first kappa shape index (κ1) is 16.4. The second kappa shape index (κ2) is 6.60. The van der Waals surface area contributed by atoms with Crippen LogP contribution in [-0.2, 0) is 9.84 Å². The van der Waals surface area contributed by atoms with Gasteiger partial charge in [0.2, 0.25) is 0 Å². The minimum absolute atomic E-state index is 0.00734. The summed E-state index contributed by atoms with van der Waals surface area (Å²) in [6.45, 7) is 2.00. The molecule has 1 aliphatic heterocycles. The van der Waals surface area contributed by atoms with Crippen LogP contribution in [0, 0.1) is 6.92 Å². The molecule has 1 aromatic heterocycles. The summed E-state index contributed by atoms with van der Waals surface area (Å²) in [5.41, 5.74) is 3.14. The number of hydrogen-bond acceptors (Lipinski definition) is 5. The highest BCUT2D eigenvalue weighted by Gasteiger charge is 2.29. The summed E-state index contributed by atoms with van der Waals surface area (Å²) in [7, 11) is -3.02. The molecule has 0 aliphatic carbocycles. The molecule has 1 fully saturated rings. The Labute approximate surface area is 141 Å². The Kier molecular flexibility index (Phi) is 4.53. The van der Waals surface area contributed by atoms with Crippen LogP contribution in [0.15, 0.2) is 42.7 Å². The Hall–Kier alpha value is -2.41. The molecule has 7 heteroatoms. The van der Waals surface area contributed by atoms with Gasteiger partial charge < -0.3 is 10.6 Å². The summed E-state index contributed by atoms with van der Waals surface area (Å²) < 4.78 is 22.9. The van der Waals surface area contributed by atoms with Gasteiger partial charge >= 0.3 is 0 Å². The smallest absolute Gasteiger partial charge is 0.253 e. The van der Waals surface area contributed by atoms with E-state index in [0.717, 1.165) is 11.3 Å². The molecule has 126 valence electrons. The van der Waals surface area contributed by atoms with Crippen molar-refractivity contribution in [2.24, 2.45) is 0 Å². The molecule has 1 unspecified atom stereocenters. The van der Waals surface area contributed by atoms with E-state index >= 15 is 0 Å². The van der Waals surface area contributed by atoms with Crippen molar-refractivity contribution in [3.8, 4) is 0 Å². The summed E-state index contributed by atoms with van der Waals surface area (Å²) in [6.07, 6.45) is 3.57. The van der Waals surface area contributed by atoms with E-state index in [0.29, 0.717) is 17.7 Å². The Morgan fingerprint density at radius 2 is 2.04 bits per heavy atom. The number of carbonyl (C=O) groups excluding carboxylic acids is 1. The van der Waals surface area contributed by atoms with Crippen molar-refractivity contribution in [3.63, 3.8) is 0 Å². The molecule has 2 N–H and O–H groups in total. The molecule has 1 aromatic carbocycles. The van der Waals surface area contributed by atoms with Crippen LogP contribution in [-0.4, -0.2) is 36.9 Å². The largest absolute Gasteiger partial charge is 0.354 e. The third-order valence-corrected chi connectivity index (χ3v) is 5.64. The molecule has 0 saturated carbocycles. The lowest BCUT2D eigenvalue weighted by Crippen LogP contribution is -2.35. The van der Waals surface area contributed by atoms with Crippen molar-refractivity contribution < 1.29 is 13.2 Å². The Morgan fingerprint density at radius 1 is 1.21 bits per heavy atom. The maximum absolute atomic E-state index is 12.3. The van der Waals surface area contributed by atoms with Crippen molar-refractivity contribution in [2.45, 2.75) is 19.4 Å². The van der Waals surface area contributed by atoms with Gasteiger partial charge in [-0.3, -0.25) is 9.78 Å². The average Bonchev–Trinajstić information content (AvgIpc) is 2.86. The van der Waals surface area contributed by atoms with Gasteiger partial charge in [-0.25, -0.2) is 8.42 Å². The van der Waals surface area contributed by atoms with Gasteiger partial charge in [0.15, 0.2) is 9.84 Å². The number of rotatable bonds is 4. The minimum Gasteiger partial charge on any atom is -0.354 e. The second-order valence-corrected chi connectivity index (χ2v) is 8.26. The fourth-order valence-corrected chi connectivity index (χ4v) is 4.37. The number of aromatic nitrogens is 1. The lowest BCUT2D eigenvalue weighted by molar-refractivity contribution is 0.0941. The van der Waals surface area contributed by atoms with E-state index in [9.17, 15) is 13.2 Å². The third kappa shape index (κ3) is 4.11. The topological polar surface area (TPSA) is 88.2 Å². The van der Waals surface area contributed by atoms with E-state index in [2.05, 4.69) is 15.6 Å². The molecule has 0 spiro atoms. The van der Waals surface area contributed by atoms with Crippen molar-refractivity contribution in [2.75, 3.05) is 16.8 Å². The Bertz CT molecular complexity index is 865. The molecule has 3 rings (SSSR count). The Morgan fingerprint density at radius 3 is 2.75 bits per heavy atom. The van der Waals surface area contributed by atoms with Crippen LogP contribution >= 0.6 is 0 Å². The third-order valence-electron chi connectivity index (χ3n) is 3.87. The van der Waals surface area contributed by atoms with Gasteiger partial charge in [-0.05, 0) is 37.1 Å². The fourth-order valence-electron chi connectivity index (χ4n) is 2.70. The van der Waals surface area contributed by atoms with Crippen LogP contribution in [0.1, 0.15) is 22.3 Å². The van der Waals surface area contributed by atoms with Gasteiger partial charge in [0.05, 0.1) is 29.0 Å². The quantitative estimate of drug-likeness (QED) is 0.885. The number of amides is 1. The minimum atomic E-state index is -3.02. The summed E-state index contributed by atoms with van der Waals surface area (Å²) >= 11 is 0. The van der Waals surface area contributed by atoms with Crippen LogP contribution in [0.25, 0.3) is 0 Å². The van der Waals surface area contributed by atoms with E-state index in [1.807, 2.05) is 31.2 Å². The molecule has 2 aromatic rings. The van der Waals surface area contributed by atoms with Crippen LogP contribution in [0.4, 0.5) is 11.4 Å². The van der Waals surface area contributed by atoms with Crippen LogP contribution in [0.5, 0.6) is 0 Å². The summed E-state index contributed by atoms with van der Waals surface area (Å²) in [6, 6.07) is 9.26. The molecule has 0 bridgehead atoms. The molecule has 1 saturated heterocycles. The van der Waals surface area contributed by atoms with Gasteiger partial charge in [-0.1, -0.05) is 12.1 Å². The SMILES string of the molecule is Cc1cccc(Nc2cncc(C(=O)NC3CCS(=O)(=O)C3)c2)c1. The summed E-state index contributed by atoms with van der Waals surface area (Å²) in [5, 5.41) is 5.97. The highest BCUT2D eigenvalue weighted by molar-refractivity contribution is 7.91. The molecule has 1 aliphatic rings. The van der Waals surface area contributed by atoms with Gasteiger partial charge in [0.1, 0.15) is 0 Å². The molecule has 1 atom stereocenters. The summed E-state index contributed by atoms with van der Waals surface area (Å²) in [4.78, 5) is 16.4. The lowest BCUT2D eigenvalue weighted by atomic mass is 10.2. The van der Waals surface area contributed by atoms with Gasteiger partial charge in [-0.15, -0.1) is 0 Å². The predicted octanol–water partition coefficient (Wildman–Crippen LogP) is 2.05. The van der Waals surface area contributed by atoms with E-state index in [1.165, 1.54) is 6.20 Å². The zero-order chi connectivity index (χ0) is 17.2. The molecule has 0 radical (unpaired) electrons. The van der Waals surface area contributed by atoms with E-state index < -0.39 is 9.84 Å². The number of pyridine rings is 1. The fraction of sp³-hybridized carbons (Fsp3) is 0.294. The van der Waals surface area contributed by atoms with Crippen molar-refractivity contribution >= 4 is 27.1 Å². The second-order valence-electron chi connectivity index (χ2n) is 6.03. The monoisotopic (exact) mass is 345 g/mol. The van der Waals surface area contributed by atoms with Crippen LogP contribution < -0.4 is 10.6 Å². The van der Waals surface area contributed by atoms with Crippen LogP contribution in [0.2, 0.25) is 0 Å².